The molecule has 1 aromatic heterocycles. The largest absolute Gasteiger partial charge is 0.326 e. The molecule has 0 aliphatic carbocycles. The fourth-order valence-electron chi connectivity index (χ4n) is 1.16. The third-order valence-corrected chi connectivity index (χ3v) is 3.36. The van der Waals surface area contributed by atoms with Crippen molar-refractivity contribution in [1.82, 2.24) is 0 Å². The first kappa shape index (κ1) is 10.7. The number of nitrogens with two attached hydrogens (primary N) is 1. The van der Waals surface area contributed by atoms with Crippen molar-refractivity contribution in [2.45, 2.75) is 12.5 Å². The van der Waals surface area contributed by atoms with Crippen LogP contribution in [0.5, 0.6) is 0 Å². The van der Waals surface area contributed by atoms with Crippen LogP contribution in [0.1, 0.15) is 5.56 Å². The molecule has 1 heterocycles. The van der Waals surface area contributed by atoms with Crippen molar-refractivity contribution in [3.63, 3.8) is 0 Å². The van der Waals surface area contributed by atoms with Gasteiger partial charge in [-0.25, -0.2) is 8.42 Å². The van der Waals surface area contributed by atoms with Crippen LogP contribution in [0.3, 0.4) is 0 Å². The highest BCUT2D eigenvalue weighted by molar-refractivity contribution is 7.90. The Balaban J connectivity index is 2.47. The third kappa shape index (κ3) is 4.40. The van der Waals surface area contributed by atoms with Gasteiger partial charge in [0.2, 0.25) is 0 Å². The molecule has 5 heteroatoms. The standard InChI is InChI=1S/C8H13NO2S2/c1-13(10,11)6-8(9)4-7-2-3-12-5-7/h2-3,5,8H,4,6,9H2,1H3. The fourth-order valence-corrected chi connectivity index (χ4v) is 2.74. The van der Waals surface area contributed by atoms with Crippen molar-refractivity contribution < 1.29 is 8.42 Å². The Morgan fingerprint density at radius 3 is 2.77 bits per heavy atom. The molecule has 1 aromatic rings. The summed E-state index contributed by atoms with van der Waals surface area (Å²) in [5.74, 6) is 0.0584. The van der Waals surface area contributed by atoms with E-state index in [2.05, 4.69) is 0 Å². The highest BCUT2D eigenvalue weighted by Crippen LogP contribution is 2.08. The van der Waals surface area contributed by atoms with Crippen molar-refractivity contribution in [1.29, 1.82) is 0 Å². The van der Waals surface area contributed by atoms with Crippen LogP contribution in [-0.4, -0.2) is 26.5 Å². The van der Waals surface area contributed by atoms with Gasteiger partial charge in [0, 0.05) is 12.3 Å². The molecule has 2 N–H and O–H groups in total. The predicted octanol–water partition coefficient (Wildman–Crippen LogP) is 0.663. The number of rotatable bonds is 4. The number of hydrogen-bond acceptors (Lipinski definition) is 4. The Kier molecular flexibility index (Phi) is 3.47. The van der Waals surface area contributed by atoms with Gasteiger partial charge in [-0.3, -0.25) is 0 Å². The minimum atomic E-state index is -2.95. The lowest BCUT2D eigenvalue weighted by Crippen LogP contribution is -2.31. The molecule has 3 nitrogen and oxygen atoms in total. The molecule has 1 unspecified atom stereocenters. The van der Waals surface area contributed by atoms with Gasteiger partial charge in [-0.2, -0.15) is 11.3 Å². The minimum Gasteiger partial charge on any atom is -0.326 e. The average Bonchev–Trinajstić information content (AvgIpc) is 2.34. The lowest BCUT2D eigenvalue weighted by Gasteiger charge is -2.08. The summed E-state index contributed by atoms with van der Waals surface area (Å²) in [6.07, 6.45) is 1.84. The Morgan fingerprint density at radius 2 is 2.31 bits per heavy atom. The lowest BCUT2D eigenvalue weighted by atomic mass is 10.1. The second-order valence-electron chi connectivity index (χ2n) is 3.19. The highest BCUT2D eigenvalue weighted by atomic mass is 32.2. The molecule has 0 aromatic carbocycles. The van der Waals surface area contributed by atoms with E-state index < -0.39 is 9.84 Å². The first-order valence-electron chi connectivity index (χ1n) is 3.92. The fraction of sp³-hybridized carbons (Fsp3) is 0.500. The van der Waals surface area contributed by atoms with Crippen molar-refractivity contribution in [2.24, 2.45) is 5.73 Å². The van der Waals surface area contributed by atoms with E-state index >= 15 is 0 Å². The summed E-state index contributed by atoms with van der Waals surface area (Å²) in [6.45, 7) is 0. The molecule has 0 aliphatic heterocycles. The van der Waals surface area contributed by atoms with Gasteiger partial charge in [0.25, 0.3) is 0 Å². The Hall–Kier alpha value is -0.390. The molecule has 74 valence electrons. The van der Waals surface area contributed by atoms with Crippen molar-refractivity contribution in [2.75, 3.05) is 12.0 Å². The van der Waals surface area contributed by atoms with Crippen molar-refractivity contribution >= 4 is 21.2 Å². The predicted molar refractivity (Wildman–Crippen MR) is 55.7 cm³/mol. The number of hydrogen-bond donors (Lipinski definition) is 1. The quantitative estimate of drug-likeness (QED) is 0.809. The molecular formula is C8H13NO2S2. The summed E-state index contributed by atoms with van der Waals surface area (Å²) < 4.78 is 21.8. The number of sulfone groups is 1. The van der Waals surface area contributed by atoms with E-state index in [1.807, 2.05) is 16.8 Å². The second-order valence-corrected chi connectivity index (χ2v) is 6.15. The van der Waals surface area contributed by atoms with Gasteiger partial charge in [0.1, 0.15) is 9.84 Å². The molecule has 0 saturated carbocycles. The van der Waals surface area contributed by atoms with Crippen LogP contribution in [0, 0.1) is 0 Å². The Morgan fingerprint density at radius 1 is 1.62 bits per heavy atom. The molecule has 13 heavy (non-hydrogen) atoms. The van der Waals surface area contributed by atoms with E-state index in [0.717, 1.165) is 5.56 Å². The first-order chi connectivity index (χ1) is 5.97. The average molecular weight is 219 g/mol. The van der Waals surface area contributed by atoms with E-state index in [0.29, 0.717) is 6.42 Å². The SMILES string of the molecule is CS(=O)(=O)CC(N)Cc1ccsc1. The first-order valence-corrected chi connectivity index (χ1v) is 6.92. The van der Waals surface area contributed by atoms with Gasteiger partial charge in [-0.15, -0.1) is 0 Å². The topological polar surface area (TPSA) is 60.2 Å². The maximum atomic E-state index is 10.9. The van der Waals surface area contributed by atoms with Gasteiger partial charge < -0.3 is 5.73 Å². The molecule has 0 aliphatic rings. The van der Waals surface area contributed by atoms with Crippen LogP contribution in [-0.2, 0) is 16.3 Å². The molecule has 1 atom stereocenters. The molecular weight excluding hydrogens is 206 g/mol. The van der Waals surface area contributed by atoms with Gasteiger partial charge in [-0.1, -0.05) is 0 Å². The summed E-state index contributed by atoms with van der Waals surface area (Å²) in [7, 11) is -2.95. The Bertz CT molecular complexity index is 342. The van der Waals surface area contributed by atoms with Crippen molar-refractivity contribution in [3.05, 3.63) is 22.4 Å². The minimum absolute atomic E-state index is 0.0584. The maximum absolute atomic E-state index is 10.9. The van der Waals surface area contributed by atoms with Crippen LogP contribution >= 0.6 is 11.3 Å². The summed E-state index contributed by atoms with van der Waals surface area (Å²) >= 11 is 1.59. The Labute approximate surface area is 82.5 Å². The molecule has 0 bridgehead atoms. The van der Waals surface area contributed by atoms with Crippen LogP contribution in [0.2, 0.25) is 0 Å². The zero-order valence-electron chi connectivity index (χ0n) is 7.43. The van der Waals surface area contributed by atoms with E-state index in [1.54, 1.807) is 11.3 Å². The van der Waals surface area contributed by atoms with Gasteiger partial charge in [0.15, 0.2) is 0 Å². The highest BCUT2D eigenvalue weighted by Gasteiger charge is 2.11. The van der Waals surface area contributed by atoms with Gasteiger partial charge >= 0.3 is 0 Å². The van der Waals surface area contributed by atoms with Gasteiger partial charge in [0.05, 0.1) is 5.75 Å². The summed E-state index contributed by atoms with van der Waals surface area (Å²) in [4.78, 5) is 0. The summed E-state index contributed by atoms with van der Waals surface area (Å²) in [5.41, 5.74) is 6.79. The van der Waals surface area contributed by atoms with Crippen LogP contribution in [0.4, 0.5) is 0 Å². The molecule has 0 fully saturated rings. The van der Waals surface area contributed by atoms with E-state index in [-0.39, 0.29) is 11.8 Å². The zero-order valence-corrected chi connectivity index (χ0v) is 9.07. The molecule has 0 amide bonds. The molecule has 0 saturated heterocycles. The zero-order chi connectivity index (χ0) is 9.90. The smallest absolute Gasteiger partial charge is 0.148 e. The second kappa shape index (κ2) is 4.21. The summed E-state index contributed by atoms with van der Waals surface area (Å²) in [5, 5.41) is 3.95. The monoisotopic (exact) mass is 219 g/mol. The number of thiophene rings is 1. The molecule has 0 radical (unpaired) electrons. The van der Waals surface area contributed by atoms with Crippen LogP contribution in [0.15, 0.2) is 16.8 Å². The van der Waals surface area contributed by atoms with E-state index in [4.69, 9.17) is 5.73 Å². The molecule has 0 spiro atoms. The lowest BCUT2D eigenvalue weighted by molar-refractivity contribution is 0.591. The molecule has 1 rings (SSSR count). The van der Waals surface area contributed by atoms with Crippen LogP contribution < -0.4 is 5.73 Å². The third-order valence-electron chi connectivity index (χ3n) is 1.59. The normalized spacial score (nSPS) is 14.3. The van der Waals surface area contributed by atoms with Gasteiger partial charge in [-0.05, 0) is 28.8 Å². The van der Waals surface area contributed by atoms with Crippen LogP contribution in [0.25, 0.3) is 0 Å². The van der Waals surface area contributed by atoms with Crippen molar-refractivity contribution in [3.8, 4) is 0 Å². The van der Waals surface area contributed by atoms with E-state index in [1.165, 1.54) is 6.26 Å². The summed E-state index contributed by atoms with van der Waals surface area (Å²) in [6, 6.07) is 1.68. The van der Waals surface area contributed by atoms with E-state index in [9.17, 15) is 8.42 Å². The maximum Gasteiger partial charge on any atom is 0.148 e.